The highest BCUT2D eigenvalue weighted by Crippen LogP contribution is 2.26. The first-order valence-corrected chi connectivity index (χ1v) is 13.6. The van der Waals surface area contributed by atoms with Gasteiger partial charge in [0.2, 0.25) is 5.91 Å². The maximum Gasteiger partial charge on any atom is 0.325 e. The number of benzene rings is 2. The average molecular weight is 594 g/mol. The largest absolute Gasteiger partial charge is 0.387 e. The molecule has 4 N–H and O–H groups in total. The lowest BCUT2D eigenvalue weighted by Gasteiger charge is -2.32. The van der Waals surface area contributed by atoms with Crippen LogP contribution in [0.25, 0.3) is 0 Å². The zero-order chi connectivity index (χ0) is 30.7. The summed E-state index contributed by atoms with van der Waals surface area (Å²) < 4.78 is 11.3. The molecule has 2 aromatic carbocycles. The number of urea groups is 1. The lowest BCUT2D eigenvalue weighted by molar-refractivity contribution is -0.131. The topological polar surface area (TPSA) is 178 Å². The number of nitrogens with one attached hydrogen (secondary N) is 2. The number of aliphatic hydroxyl groups excluding tert-OH is 2. The minimum atomic E-state index is -1.44. The number of hydrogen-bond acceptors (Lipinski definition) is 9. The maximum atomic E-state index is 12.7. The Balaban J connectivity index is 1.06. The number of imide groups is 1. The SMILES string of the molecule is CN(CCOC[C@H]1O[C@@H](N2C=CC(NC(=O)c3ccccc3)NC2=O)[C@@H](O)C1O)C(=O)CN1C(=O)c2ccccc2C1=O. The maximum absolute atomic E-state index is 12.7. The third kappa shape index (κ3) is 6.27. The molecule has 5 atom stereocenters. The molecule has 5 rings (SSSR count). The van der Waals surface area contributed by atoms with Gasteiger partial charge in [-0.1, -0.05) is 30.3 Å². The van der Waals surface area contributed by atoms with Gasteiger partial charge in [0.1, 0.15) is 31.0 Å². The Hall–Kier alpha value is -4.63. The van der Waals surface area contributed by atoms with Crippen molar-refractivity contribution in [1.29, 1.82) is 0 Å². The minimum Gasteiger partial charge on any atom is -0.387 e. The molecule has 2 aromatic rings. The molecule has 3 heterocycles. The summed E-state index contributed by atoms with van der Waals surface area (Å²) in [4.78, 5) is 66.0. The molecule has 0 spiro atoms. The molecule has 0 saturated carbocycles. The van der Waals surface area contributed by atoms with Crippen LogP contribution in [-0.2, 0) is 14.3 Å². The third-order valence-electron chi connectivity index (χ3n) is 7.34. The Kier molecular flexibility index (Phi) is 8.82. The van der Waals surface area contributed by atoms with E-state index in [9.17, 15) is 34.2 Å². The van der Waals surface area contributed by atoms with Crippen molar-refractivity contribution in [3.8, 4) is 0 Å². The van der Waals surface area contributed by atoms with Crippen molar-refractivity contribution in [2.45, 2.75) is 30.7 Å². The van der Waals surface area contributed by atoms with Crippen molar-refractivity contribution in [3.63, 3.8) is 0 Å². The van der Waals surface area contributed by atoms with E-state index in [0.29, 0.717) is 5.56 Å². The van der Waals surface area contributed by atoms with E-state index in [0.717, 1.165) is 9.80 Å². The normalized spacial score (nSPS) is 24.6. The van der Waals surface area contributed by atoms with Crippen molar-refractivity contribution in [1.82, 2.24) is 25.3 Å². The first kappa shape index (κ1) is 29.8. The first-order valence-electron chi connectivity index (χ1n) is 13.6. The van der Waals surface area contributed by atoms with Crippen LogP contribution in [-0.4, -0.2) is 119 Å². The molecule has 1 saturated heterocycles. The lowest BCUT2D eigenvalue weighted by atomic mass is 10.1. The van der Waals surface area contributed by atoms with Gasteiger partial charge < -0.3 is 35.2 Å². The number of carbonyl (C=O) groups is 5. The number of rotatable bonds is 10. The summed E-state index contributed by atoms with van der Waals surface area (Å²) in [5.41, 5.74) is 0.939. The van der Waals surface area contributed by atoms with Crippen LogP contribution in [0.5, 0.6) is 0 Å². The molecular weight excluding hydrogens is 562 g/mol. The summed E-state index contributed by atoms with van der Waals surface area (Å²) in [6.45, 7) is -0.414. The highest BCUT2D eigenvalue weighted by Gasteiger charge is 2.47. The van der Waals surface area contributed by atoms with Crippen molar-refractivity contribution in [2.24, 2.45) is 0 Å². The van der Waals surface area contributed by atoms with Gasteiger partial charge in [-0.05, 0) is 30.3 Å². The summed E-state index contributed by atoms with van der Waals surface area (Å²) in [6, 6.07) is 14.2. The quantitative estimate of drug-likeness (QED) is 0.209. The van der Waals surface area contributed by atoms with Gasteiger partial charge in [-0.2, -0.15) is 0 Å². The Labute approximate surface area is 246 Å². The fourth-order valence-electron chi connectivity index (χ4n) is 4.86. The summed E-state index contributed by atoms with van der Waals surface area (Å²) >= 11 is 0. The molecule has 43 heavy (non-hydrogen) atoms. The number of fused-ring (bicyclic) bond motifs is 1. The first-order chi connectivity index (χ1) is 20.7. The second kappa shape index (κ2) is 12.7. The van der Waals surface area contributed by atoms with Gasteiger partial charge in [0.25, 0.3) is 17.7 Å². The molecule has 0 aromatic heterocycles. The van der Waals surface area contributed by atoms with E-state index in [1.807, 2.05) is 0 Å². The Morgan fingerprint density at radius 2 is 1.65 bits per heavy atom. The van der Waals surface area contributed by atoms with E-state index in [1.165, 1.54) is 36.4 Å². The standard InChI is InChI=1S/C29H31N5O9/c1-32(22(35)15-34-26(39)18-9-5-6-10-19(18)27(34)40)13-14-42-16-20-23(36)24(37)28(43-20)33-12-11-21(31-29(33)41)30-25(38)17-7-3-2-4-8-17/h2-12,20-21,23-24,28,36-37H,13-16H2,1H3,(H,30,38)(H,31,41)/t20-,21?,23?,24+,28-/m1/s1. The van der Waals surface area contributed by atoms with Crippen molar-refractivity contribution in [2.75, 3.05) is 33.4 Å². The average Bonchev–Trinajstić information content (AvgIpc) is 3.42. The van der Waals surface area contributed by atoms with E-state index in [4.69, 9.17) is 9.47 Å². The molecule has 14 nitrogen and oxygen atoms in total. The number of nitrogens with zero attached hydrogens (tertiary/aromatic N) is 3. The van der Waals surface area contributed by atoms with Gasteiger partial charge in [0.15, 0.2) is 6.23 Å². The van der Waals surface area contributed by atoms with E-state index in [1.54, 1.807) is 42.5 Å². The molecule has 226 valence electrons. The third-order valence-corrected chi connectivity index (χ3v) is 7.34. The molecule has 6 amide bonds. The van der Waals surface area contributed by atoms with E-state index in [2.05, 4.69) is 10.6 Å². The molecule has 3 aliphatic heterocycles. The number of likely N-dealkylation sites (N-methyl/N-ethyl adjacent to an activating group) is 1. The Morgan fingerprint density at radius 3 is 2.30 bits per heavy atom. The molecule has 14 heteroatoms. The summed E-state index contributed by atoms with van der Waals surface area (Å²) in [5.74, 6) is -1.90. The predicted molar refractivity (Wildman–Crippen MR) is 148 cm³/mol. The molecule has 1 fully saturated rings. The highest BCUT2D eigenvalue weighted by molar-refractivity contribution is 6.22. The smallest absolute Gasteiger partial charge is 0.325 e. The van der Waals surface area contributed by atoms with Gasteiger partial charge in [0, 0.05) is 25.4 Å². The van der Waals surface area contributed by atoms with Crippen LogP contribution in [0.3, 0.4) is 0 Å². The number of carbonyl (C=O) groups excluding carboxylic acids is 5. The fraction of sp³-hybridized carbons (Fsp3) is 0.345. The van der Waals surface area contributed by atoms with Crippen molar-refractivity contribution >= 4 is 29.7 Å². The fourth-order valence-corrected chi connectivity index (χ4v) is 4.86. The Morgan fingerprint density at radius 1 is 1.00 bits per heavy atom. The van der Waals surface area contributed by atoms with Crippen LogP contribution >= 0.6 is 0 Å². The van der Waals surface area contributed by atoms with Crippen LogP contribution in [0.4, 0.5) is 4.79 Å². The number of hydrogen-bond donors (Lipinski definition) is 4. The van der Waals surface area contributed by atoms with E-state index < -0.39 is 61.0 Å². The zero-order valence-electron chi connectivity index (χ0n) is 23.2. The van der Waals surface area contributed by atoms with Crippen LogP contribution in [0.15, 0.2) is 66.9 Å². The zero-order valence-corrected chi connectivity index (χ0v) is 23.2. The van der Waals surface area contributed by atoms with E-state index in [-0.39, 0.29) is 36.8 Å². The van der Waals surface area contributed by atoms with Crippen LogP contribution in [0, 0.1) is 0 Å². The predicted octanol–water partition coefficient (Wildman–Crippen LogP) is -0.501. The van der Waals surface area contributed by atoms with Crippen LogP contribution < -0.4 is 10.6 Å². The molecule has 0 aliphatic carbocycles. The number of ether oxygens (including phenoxy) is 2. The van der Waals surface area contributed by atoms with Gasteiger partial charge in [-0.15, -0.1) is 0 Å². The van der Waals surface area contributed by atoms with Gasteiger partial charge in [-0.25, -0.2) is 4.79 Å². The molecule has 2 unspecified atom stereocenters. The van der Waals surface area contributed by atoms with E-state index >= 15 is 0 Å². The molecule has 3 aliphatic rings. The molecule has 0 bridgehead atoms. The van der Waals surface area contributed by atoms with Gasteiger partial charge >= 0.3 is 6.03 Å². The van der Waals surface area contributed by atoms with Crippen LogP contribution in [0.1, 0.15) is 31.1 Å². The van der Waals surface area contributed by atoms with Gasteiger partial charge in [-0.3, -0.25) is 29.0 Å². The number of aliphatic hydroxyl groups is 2. The number of amides is 6. The minimum absolute atomic E-state index is 0.0323. The highest BCUT2D eigenvalue weighted by atomic mass is 16.6. The second-order valence-corrected chi connectivity index (χ2v) is 10.2. The van der Waals surface area contributed by atoms with Crippen molar-refractivity contribution < 1.29 is 43.7 Å². The summed E-state index contributed by atoms with van der Waals surface area (Å²) in [6.07, 6.45) is -2.93. The second-order valence-electron chi connectivity index (χ2n) is 10.2. The Bertz CT molecular complexity index is 1400. The molecular formula is C29H31N5O9. The summed E-state index contributed by atoms with van der Waals surface area (Å²) in [7, 11) is 1.50. The monoisotopic (exact) mass is 593 g/mol. The van der Waals surface area contributed by atoms with Crippen LogP contribution in [0.2, 0.25) is 0 Å². The molecule has 0 radical (unpaired) electrons. The van der Waals surface area contributed by atoms with Gasteiger partial charge in [0.05, 0.1) is 24.3 Å². The summed E-state index contributed by atoms with van der Waals surface area (Å²) in [5, 5.41) is 26.3. The van der Waals surface area contributed by atoms with Crippen molar-refractivity contribution in [3.05, 3.63) is 83.6 Å². The lowest BCUT2D eigenvalue weighted by Crippen LogP contribution is -2.57.